The fourth-order valence-electron chi connectivity index (χ4n) is 2.34. The minimum absolute atomic E-state index is 0.0451. The van der Waals surface area contributed by atoms with E-state index in [4.69, 9.17) is 4.74 Å². The first kappa shape index (κ1) is 27.1. The number of hydrogen-bond acceptors (Lipinski definition) is 2. The van der Waals surface area contributed by atoms with Crippen molar-refractivity contribution in [2.75, 3.05) is 14.2 Å². The van der Waals surface area contributed by atoms with Gasteiger partial charge in [0.2, 0.25) is 0 Å². The summed E-state index contributed by atoms with van der Waals surface area (Å²) in [6.07, 6.45) is -12.1. The third-order valence-corrected chi connectivity index (χ3v) is 4.19. The number of ether oxygens (including phenoxy) is 2. The van der Waals surface area contributed by atoms with Crippen molar-refractivity contribution in [1.29, 1.82) is 0 Å². The molecule has 15 heteroatoms. The molecule has 1 aromatic carbocycles. The van der Waals surface area contributed by atoms with Crippen LogP contribution in [-0.2, 0) is 4.74 Å². The molecule has 2 nitrogen and oxygen atoms in total. The molecule has 0 fully saturated rings. The van der Waals surface area contributed by atoms with Crippen LogP contribution in [-0.4, -0.2) is 50.0 Å². The maximum absolute atomic E-state index is 14.0. The first-order chi connectivity index (χ1) is 13.7. The normalized spacial score (nSPS) is 15.7. The smallest absolute Gasteiger partial charge is 0.460 e. The van der Waals surface area contributed by atoms with E-state index in [0.29, 0.717) is 7.11 Å². The van der Waals surface area contributed by atoms with Crippen molar-refractivity contribution in [1.82, 2.24) is 0 Å². The van der Waals surface area contributed by atoms with E-state index in [9.17, 15) is 57.1 Å². The average molecular weight is 484 g/mol. The Bertz CT molecular complexity index is 758. The minimum atomic E-state index is -7.93. The average Bonchev–Trinajstić information content (AvgIpc) is 2.64. The molecule has 0 aliphatic rings. The van der Waals surface area contributed by atoms with Crippen molar-refractivity contribution >= 4 is 0 Å². The van der Waals surface area contributed by atoms with Crippen LogP contribution in [0.2, 0.25) is 0 Å². The van der Waals surface area contributed by atoms with Gasteiger partial charge in [0.05, 0.1) is 13.2 Å². The summed E-state index contributed by atoms with van der Waals surface area (Å²) in [5.74, 6) is -37.1. The van der Waals surface area contributed by atoms with E-state index >= 15 is 0 Å². The van der Waals surface area contributed by atoms with Crippen LogP contribution in [0.5, 0.6) is 5.75 Å². The Morgan fingerprint density at radius 1 is 0.710 bits per heavy atom. The van der Waals surface area contributed by atoms with Crippen molar-refractivity contribution in [3.63, 3.8) is 0 Å². The molecule has 0 saturated carbocycles. The van der Waals surface area contributed by atoms with Crippen LogP contribution >= 0.6 is 0 Å². The predicted molar refractivity (Wildman–Crippen MR) is 78.2 cm³/mol. The van der Waals surface area contributed by atoms with Crippen molar-refractivity contribution < 1.29 is 66.5 Å². The second kappa shape index (κ2) is 8.20. The lowest BCUT2D eigenvalue weighted by molar-refractivity contribution is -0.440. The number of halogens is 13. The molecular formula is C16H13F13O2. The molecule has 0 heterocycles. The summed E-state index contributed by atoms with van der Waals surface area (Å²) in [4.78, 5) is 0. The maximum atomic E-state index is 14.0. The van der Waals surface area contributed by atoms with Gasteiger partial charge in [-0.25, -0.2) is 0 Å². The highest BCUT2D eigenvalue weighted by molar-refractivity contribution is 5.30. The van der Waals surface area contributed by atoms with Crippen molar-refractivity contribution in [3.8, 4) is 5.75 Å². The van der Waals surface area contributed by atoms with Crippen LogP contribution in [0.25, 0.3) is 0 Å². The second-order valence-corrected chi connectivity index (χ2v) is 6.20. The van der Waals surface area contributed by atoms with E-state index in [0.717, 1.165) is 25.3 Å². The fourth-order valence-corrected chi connectivity index (χ4v) is 2.34. The lowest BCUT2D eigenvalue weighted by atomic mass is 9.90. The van der Waals surface area contributed by atoms with Gasteiger partial charge >= 0.3 is 35.8 Å². The van der Waals surface area contributed by atoms with Gasteiger partial charge in [-0.15, -0.1) is 0 Å². The van der Waals surface area contributed by atoms with Crippen molar-refractivity contribution in [2.24, 2.45) is 0 Å². The summed E-state index contributed by atoms with van der Waals surface area (Å²) >= 11 is 0. The SMILES string of the molecule is COc1cccc(C(CC(F)(F)C(F)(F)C(F)(F)C(F)(F)C(F)(F)C(F)(F)F)OC)c1. The molecule has 0 saturated heterocycles. The molecular weight excluding hydrogens is 471 g/mol. The van der Waals surface area contributed by atoms with Crippen LogP contribution in [0.1, 0.15) is 18.1 Å². The molecule has 0 bridgehead atoms. The van der Waals surface area contributed by atoms with Crippen molar-refractivity contribution in [2.45, 2.75) is 48.3 Å². The summed E-state index contributed by atoms with van der Waals surface area (Å²) < 4.78 is 180. The molecule has 1 aromatic rings. The minimum Gasteiger partial charge on any atom is -0.497 e. The first-order valence-electron chi connectivity index (χ1n) is 7.83. The predicted octanol–water partition coefficient (Wildman–Crippen LogP) is 6.51. The van der Waals surface area contributed by atoms with Gasteiger partial charge in [0.15, 0.2) is 0 Å². The Labute approximate surface area is 165 Å². The Hall–Kier alpha value is -1.93. The van der Waals surface area contributed by atoms with Gasteiger partial charge in [0.1, 0.15) is 5.75 Å². The van der Waals surface area contributed by atoms with Crippen LogP contribution in [0, 0.1) is 0 Å². The highest BCUT2D eigenvalue weighted by atomic mass is 19.4. The highest BCUT2D eigenvalue weighted by Crippen LogP contribution is 2.61. The van der Waals surface area contributed by atoms with Gasteiger partial charge < -0.3 is 9.47 Å². The Morgan fingerprint density at radius 2 is 1.19 bits per heavy atom. The summed E-state index contributed by atoms with van der Waals surface area (Å²) in [6.45, 7) is 0. The first-order valence-corrected chi connectivity index (χ1v) is 7.83. The van der Waals surface area contributed by atoms with E-state index in [-0.39, 0.29) is 5.75 Å². The zero-order valence-corrected chi connectivity index (χ0v) is 15.3. The van der Waals surface area contributed by atoms with Gasteiger partial charge in [-0.05, 0) is 17.7 Å². The van der Waals surface area contributed by atoms with Gasteiger partial charge in [-0.1, -0.05) is 12.1 Å². The topological polar surface area (TPSA) is 18.5 Å². The number of alkyl halides is 13. The van der Waals surface area contributed by atoms with E-state index in [2.05, 4.69) is 4.74 Å². The van der Waals surface area contributed by atoms with Crippen molar-refractivity contribution in [3.05, 3.63) is 29.8 Å². The van der Waals surface area contributed by atoms with Gasteiger partial charge in [-0.2, -0.15) is 57.1 Å². The summed E-state index contributed by atoms with van der Waals surface area (Å²) in [5, 5.41) is 0. The number of methoxy groups -OCH3 is 2. The zero-order chi connectivity index (χ0) is 24.7. The molecule has 0 aliphatic carbocycles. The van der Waals surface area contributed by atoms with E-state index in [1.54, 1.807) is 0 Å². The Morgan fingerprint density at radius 3 is 1.61 bits per heavy atom. The van der Waals surface area contributed by atoms with Gasteiger partial charge in [0.25, 0.3) is 0 Å². The van der Waals surface area contributed by atoms with E-state index in [1.807, 2.05) is 0 Å². The van der Waals surface area contributed by atoms with Crippen LogP contribution in [0.3, 0.4) is 0 Å². The fraction of sp³-hybridized carbons (Fsp3) is 0.625. The third-order valence-electron chi connectivity index (χ3n) is 4.19. The largest absolute Gasteiger partial charge is 0.497 e. The number of rotatable bonds is 9. The molecule has 0 radical (unpaired) electrons. The van der Waals surface area contributed by atoms with Gasteiger partial charge in [0, 0.05) is 13.5 Å². The number of benzene rings is 1. The maximum Gasteiger partial charge on any atom is 0.460 e. The van der Waals surface area contributed by atoms with Crippen LogP contribution in [0.15, 0.2) is 24.3 Å². The highest BCUT2D eigenvalue weighted by Gasteiger charge is 2.90. The molecule has 180 valence electrons. The standard InChI is InChI=1S/C16H13F13O2/c1-30-9-5-3-4-8(6-9)10(31-2)7-11(17,18)12(19,20)13(21,22)14(23,24)15(25,26)16(27,28)29/h3-6,10H,7H2,1-2H3. The lowest BCUT2D eigenvalue weighted by Crippen LogP contribution is -2.70. The van der Waals surface area contributed by atoms with Gasteiger partial charge in [-0.3, -0.25) is 0 Å². The number of hydrogen-bond donors (Lipinski definition) is 0. The molecule has 0 aromatic heterocycles. The summed E-state index contributed by atoms with van der Waals surface area (Å²) in [7, 11) is 1.75. The quantitative estimate of drug-likeness (QED) is 0.372. The zero-order valence-electron chi connectivity index (χ0n) is 15.3. The monoisotopic (exact) mass is 484 g/mol. The molecule has 0 amide bonds. The molecule has 0 aliphatic heterocycles. The molecule has 1 rings (SSSR count). The van der Waals surface area contributed by atoms with E-state index in [1.165, 1.54) is 6.07 Å². The molecule has 1 unspecified atom stereocenters. The molecule has 0 spiro atoms. The van der Waals surface area contributed by atoms with Crippen LogP contribution < -0.4 is 4.74 Å². The lowest BCUT2D eigenvalue weighted by Gasteiger charge is -2.40. The third kappa shape index (κ3) is 4.37. The molecule has 0 N–H and O–H groups in total. The summed E-state index contributed by atoms with van der Waals surface area (Å²) in [5.41, 5.74) is -0.395. The molecule has 1 atom stereocenters. The Balaban J connectivity index is 3.41. The summed E-state index contributed by atoms with van der Waals surface area (Å²) in [6, 6.07) is 4.27. The Kier molecular flexibility index (Phi) is 7.17. The van der Waals surface area contributed by atoms with Crippen LogP contribution in [0.4, 0.5) is 57.1 Å². The molecule has 31 heavy (non-hydrogen) atoms. The van der Waals surface area contributed by atoms with E-state index < -0.39 is 53.9 Å². The second-order valence-electron chi connectivity index (χ2n) is 6.20.